The molecular weight excluding hydrogens is 318 g/mol. The van der Waals surface area contributed by atoms with Crippen LogP contribution in [0.15, 0.2) is 10.7 Å². The van der Waals surface area contributed by atoms with Gasteiger partial charge in [-0.05, 0) is 35.3 Å². The van der Waals surface area contributed by atoms with E-state index in [-0.39, 0.29) is 11.6 Å². The molecule has 1 aromatic heterocycles. The van der Waals surface area contributed by atoms with E-state index in [1.54, 1.807) is 0 Å². The number of ether oxygens (including phenoxy) is 1. The lowest BCUT2D eigenvalue weighted by atomic mass is 9.84. The van der Waals surface area contributed by atoms with Gasteiger partial charge in [0, 0.05) is 14.2 Å². The third-order valence-electron chi connectivity index (χ3n) is 4.50. The van der Waals surface area contributed by atoms with Crippen molar-refractivity contribution in [3.63, 3.8) is 0 Å². The SMILES string of the molecule is CCNC(c1c(Br)cnn1C)C1(OC)CCCCCC1. The lowest BCUT2D eigenvalue weighted by Crippen LogP contribution is -2.46. The van der Waals surface area contributed by atoms with Crippen LogP contribution < -0.4 is 5.32 Å². The van der Waals surface area contributed by atoms with Crippen LogP contribution in [0.4, 0.5) is 0 Å². The molecule has 1 N–H and O–H groups in total. The summed E-state index contributed by atoms with van der Waals surface area (Å²) in [5.74, 6) is 0. The van der Waals surface area contributed by atoms with E-state index in [4.69, 9.17) is 4.74 Å². The van der Waals surface area contributed by atoms with Crippen molar-refractivity contribution in [1.29, 1.82) is 0 Å². The summed E-state index contributed by atoms with van der Waals surface area (Å²) in [6.07, 6.45) is 9.21. The van der Waals surface area contributed by atoms with Gasteiger partial charge >= 0.3 is 0 Å². The molecular formula is C15H26BrN3O. The number of methoxy groups -OCH3 is 1. The number of hydrogen-bond donors (Lipinski definition) is 1. The zero-order valence-corrected chi connectivity index (χ0v) is 14.4. The van der Waals surface area contributed by atoms with Crippen molar-refractivity contribution in [2.75, 3.05) is 13.7 Å². The van der Waals surface area contributed by atoms with Crippen LogP contribution in [0.3, 0.4) is 0 Å². The van der Waals surface area contributed by atoms with Crippen LogP contribution in [-0.4, -0.2) is 29.0 Å². The van der Waals surface area contributed by atoms with Crippen LogP contribution in [0.5, 0.6) is 0 Å². The van der Waals surface area contributed by atoms with Gasteiger partial charge in [0.2, 0.25) is 0 Å². The highest BCUT2D eigenvalue weighted by Gasteiger charge is 2.41. The summed E-state index contributed by atoms with van der Waals surface area (Å²) in [6.45, 7) is 3.07. The van der Waals surface area contributed by atoms with Crippen LogP contribution in [0.25, 0.3) is 0 Å². The molecule has 0 aromatic carbocycles. The molecule has 1 aliphatic carbocycles. The summed E-state index contributed by atoms with van der Waals surface area (Å²) in [5, 5.41) is 8.02. The monoisotopic (exact) mass is 343 g/mol. The molecule has 0 saturated heterocycles. The predicted octanol–water partition coefficient (Wildman–Crippen LogP) is 3.57. The smallest absolute Gasteiger partial charge is 0.0888 e. The molecule has 20 heavy (non-hydrogen) atoms. The Bertz CT molecular complexity index is 405. The highest BCUT2D eigenvalue weighted by Crippen LogP contribution is 2.41. The molecule has 5 heteroatoms. The molecule has 1 aliphatic rings. The van der Waals surface area contributed by atoms with E-state index >= 15 is 0 Å². The number of rotatable bonds is 5. The van der Waals surface area contributed by atoms with E-state index in [1.807, 2.05) is 25.0 Å². The fourth-order valence-electron chi connectivity index (χ4n) is 3.42. The first-order valence-electron chi connectivity index (χ1n) is 7.60. The minimum absolute atomic E-state index is 0.122. The molecule has 1 fully saturated rings. The first-order chi connectivity index (χ1) is 9.64. The number of aryl methyl sites for hydroxylation is 1. The second-order valence-corrected chi connectivity index (χ2v) is 6.53. The molecule has 0 aliphatic heterocycles. The molecule has 0 radical (unpaired) electrons. The quantitative estimate of drug-likeness (QED) is 0.830. The van der Waals surface area contributed by atoms with Gasteiger partial charge in [-0.15, -0.1) is 0 Å². The Kier molecular flexibility index (Phi) is 5.64. The van der Waals surface area contributed by atoms with E-state index < -0.39 is 0 Å². The maximum Gasteiger partial charge on any atom is 0.0888 e. The van der Waals surface area contributed by atoms with Crippen molar-refractivity contribution in [1.82, 2.24) is 15.1 Å². The topological polar surface area (TPSA) is 39.1 Å². The van der Waals surface area contributed by atoms with Crippen LogP contribution >= 0.6 is 15.9 Å². The normalized spacial score (nSPS) is 20.6. The van der Waals surface area contributed by atoms with Crippen LogP contribution in [-0.2, 0) is 11.8 Å². The predicted molar refractivity (Wildman–Crippen MR) is 84.8 cm³/mol. The maximum atomic E-state index is 6.08. The Morgan fingerprint density at radius 3 is 2.50 bits per heavy atom. The van der Waals surface area contributed by atoms with E-state index in [0.717, 1.165) is 23.9 Å². The minimum atomic E-state index is -0.122. The summed E-state index contributed by atoms with van der Waals surface area (Å²) in [4.78, 5) is 0. The minimum Gasteiger partial charge on any atom is -0.376 e. The summed E-state index contributed by atoms with van der Waals surface area (Å²) in [7, 11) is 3.87. The number of halogens is 1. The summed E-state index contributed by atoms with van der Waals surface area (Å²) < 4.78 is 9.11. The number of nitrogens with zero attached hydrogens (tertiary/aromatic N) is 2. The molecule has 114 valence electrons. The lowest BCUT2D eigenvalue weighted by molar-refractivity contribution is -0.0557. The molecule has 4 nitrogen and oxygen atoms in total. The van der Waals surface area contributed by atoms with Crippen LogP contribution in [0, 0.1) is 0 Å². The van der Waals surface area contributed by atoms with E-state index in [1.165, 1.54) is 31.4 Å². The van der Waals surface area contributed by atoms with Crippen molar-refractivity contribution in [2.45, 2.75) is 57.1 Å². The fourth-order valence-corrected chi connectivity index (χ4v) is 4.00. The van der Waals surface area contributed by atoms with Gasteiger partial charge in [-0.1, -0.05) is 32.6 Å². The second-order valence-electron chi connectivity index (χ2n) is 5.68. The number of hydrogen-bond acceptors (Lipinski definition) is 3. The van der Waals surface area contributed by atoms with E-state index in [2.05, 4.69) is 33.3 Å². The third kappa shape index (κ3) is 3.10. The van der Waals surface area contributed by atoms with Crippen LogP contribution in [0.1, 0.15) is 57.2 Å². The zero-order valence-electron chi connectivity index (χ0n) is 12.8. The van der Waals surface area contributed by atoms with Crippen LogP contribution in [0.2, 0.25) is 0 Å². The van der Waals surface area contributed by atoms with Gasteiger partial charge in [0.05, 0.1) is 28.0 Å². The summed E-state index contributed by atoms with van der Waals surface area (Å²) in [6, 6.07) is 0.178. The fraction of sp³-hybridized carbons (Fsp3) is 0.800. The van der Waals surface area contributed by atoms with Crippen molar-refractivity contribution in [2.24, 2.45) is 7.05 Å². The van der Waals surface area contributed by atoms with Crippen molar-refractivity contribution in [3.8, 4) is 0 Å². The zero-order chi connectivity index (χ0) is 14.6. The van der Waals surface area contributed by atoms with Crippen molar-refractivity contribution in [3.05, 3.63) is 16.4 Å². The highest BCUT2D eigenvalue weighted by atomic mass is 79.9. The second kappa shape index (κ2) is 7.05. The molecule has 1 unspecified atom stereocenters. The molecule has 1 aromatic rings. The van der Waals surface area contributed by atoms with E-state index in [9.17, 15) is 0 Å². The Labute approximate surface area is 130 Å². The summed E-state index contributed by atoms with van der Waals surface area (Å²) in [5.41, 5.74) is 1.07. The number of aromatic nitrogens is 2. The number of likely N-dealkylation sites (N-methyl/N-ethyl adjacent to an activating group) is 1. The lowest BCUT2D eigenvalue weighted by Gasteiger charge is -2.40. The third-order valence-corrected chi connectivity index (χ3v) is 5.11. The molecule has 2 rings (SSSR count). The average molecular weight is 344 g/mol. The van der Waals surface area contributed by atoms with Gasteiger partial charge in [-0.3, -0.25) is 4.68 Å². The Hall–Kier alpha value is -0.390. The van der Waals surface area contributed by atoms with E-state index in [0.29, 0.717) is 0 Å². The van der Waals surface area contributed by atoms with Gasteiger partial charge in [-0.2, -0.15) is 5.10 Å². The Balaban J connectivity index is 2.39. The summed E-state index contributed by atoms with van der Waals surface area (Å²) >= 11 is 3.65. The molecule has 0 spiro atoms. The van der Waals surface area contributed by atoms with Gasteiger partial charge in [-0.25, -0.2) is 0 Å². The molecule has 0 bridgehead atoms. The van der Waals surface area contributed by atoms with Crippen molar-refractivity contribution >= 4 is 15.9 Å². The standard InChI is InChI=1S/C15H26BrN3O/c1-4-17-14(13-12(16)11-18-19(13)2)15(20-3)9-7-5-6-8-10-15/h11,14,17H,4-10H2,1-3H3. The molecule has 1 heterocycles. The van der Waals surface area contributed by atoms with Crippen molar-refractivity contribution < 1.29 is 4.74 Å². The Morgan fingerprint density at radius 2 is 2.05 bits per heavy atom. The molecule has 1 saturated carbocycles. The first-order valence-corrected chi connectivity index (χ1v) is 8.40. The first kappa shape index (κ1) is 16.0. The Morgan fingerprint density at radius 1 is 1.40 bits per heavy atom. The molecule has 1 atom stereocenters. The number of nitrogens with one attached hydrogen (secondary N) is 1. The van der Waals surface area contributed by atoms with Gasteiger partial charge in [0.25, 0.3) is 0 Å². The van der Waals surface area contributed by atoms with Gasteiger partial charge < -0.3 is 10.1 Å². The molecule has 0 amide bonds. The highest BCUT2D eigenvalue weighted by molar-refractivity contribution is 9.10. The maximum absolute atomic E-state index is 6.08. The van der Waals surface area contributed by atoms with Gasteiger partial charge in [0.15, 0.2) is 0 Å². The largest absolute Gasteiger partial charge is 0.376 e. The van der Waals surface area contributed by atoms with Gasteiger partial charge in [0.1, 0.15) is 0 Å². The average Bonchev–Trinajstić information content (AvgIpc) is 2.68.